The van der Waals surface area contributed by atoms with E-state index in [1.54, 1.807) is 6.20 Å². The predicted octanol–water partition coefficient (Wildman–Crippen LogP) is 2.91. The zero-order valence-electron chi connectivity index (χ0n) is 8.97. The van der Waals surface area contributed by atoms with E-state index in [2.05, 4.69) is 31.5 Å². The van der Waals surface area contributed by atoms with Gasteiger partial charge in [-0.1, -0.05) is 11.6 Å². The third-order valence-corrected chi connectivity index (χ3v) is 3.63. The lowest BCUT2D eigenvalue weighted by Crippen LogP contribution is -2.13. The molecule has 2 heterocycles. The van der Waals surface area contributed by atoms with Gasteiger partial charge in [0.2, 0.25) is 0 Å². The number of aromatic nitrogens is 1. The van der Waals surface area contributed by atoms with E-state index in [0.717, 1.165) is 35.8 Å². The van der Waals surface area contributed by atoms with E-state index in [1.807, 2.05) is 6.07 Å². The van der Waals surface area contributed by atoms with Gasteiger partial charge in [-0.2, -0.15) is 0 Å². The second-order valence-corrected chi connectivity index (χ2v) is 5.35. The topological polar surface area (TPSA) is 37.0 Å². The van der Waals surface area contributed by atoms with Crippen molar-refractivity contribution in [1.82, 2.24) is 10.3 Å². The molecule has 0 saturated carbocycles. The molecular formula is C11H15BrClN3. The molecule has 88 valence electrons. The number of halogens is 2. The van der Waals surface area contributed by atoms with Crippen molar-refractivity contribution in [1.29, 1.82) is 0 Å². The summed E-state index contributed by atoms with van der Waals surface area (Å²) >= 11 is 9.27. The van der Waals surface area contributed by atoms with Gasteiger partial charge in [0.25, 0.3) is 0 Å². The molecule has 1 fully saturated rings. The maximum Gasteiger partial charge on any atom is 0.140 e. The van der Waals surface area contributed by atoms with Gasteiger partial charge >= 0.3 is 0 Å². The minimum atomic E-state index is 0.650. The molecule has 0 aromatic carbocycles. The first-order valence-corrected chi connectivity index (χ1v) is 6.68. The van der Waals surface area contributed by atoms with Crippen molar-refractivity contribution in [3.05, 3.63) is 21.8 Å². The van der Waals surface area contributed by atoms with Crippen LogP contribution in [0, 0.1) is 5.92 Å². The summed E-state index contributed by atoms with van der Waals surface area (Å²) in [5, 5.41) is 7.34. The highest BCUT2D eigenvalue weighted by molar-refractivity contribution is 9.10. The van der Waals surface area contributed by atoms with E-state index < -0.39 is 0 Å². The van der Waals surface area contributed by atoms with Crippen molar-refractivity contribution in [2.75, 3.05) is 25.0 Å². The van der Waals surface area contributed by atoms with Gasteiger partial charge in [-0.3, -0.25) is 0 Å². The largest absolute Gasteiger partial charge is 0.369 e. The Balaban J connectivity index is 1.80. The first-order valence-electron chi connectivity index (χ1n) is 5.51. The Morgan fingerprint density at radius 3 is 3.19 bits per heavy atom. The molecule has 2 rings (SSSR count). The van der Waals surface area contributed by atoms with E-state index in [0.29, 0.717) is 5.02 Å². The molecule has 0 bridgehead atoms. The summed E-state index contributed by atoms with van der Waals surface area (Å²) in [6, 6.07) is 1.86. The van der Waals surface area contributed by atoms with Crippen molar-refractivity contribution < 1.29 is 0 Å². The smallest absolute Gasteiger partial charge is 0.140 e. The minimum absolute atomic E-state index is 0.650. The Kier molecular flexibility index (Phi) is 4.44. The van der Waals surface area contributed by atoms with Gasteiger partial charge in [-0.15, -0.1) is 0 Å². The molecule has 1 aromatic heterocycles. The molecule has 2 N–H and O–H groups in total. The number of hydrogen-bond donors (Lipinski definition) is 2. The Hall–Kier alpha value is -0.320. The number of hydrogen-bond acceptors (Lipinski definition) is 3. The third-order valence-electron chi connectivity index (χ3n) is 2.82. The summed E-state index contributed by atoms with van der Waals surface area (Å²) in [6.07, 6.45) is 4.13. The normalized spacial score (nSPS) is 20.0. The maximum absolute atomic E-state index is 5.83. The lowest BCUT2D eigenvalue weighted by Gasteiger charge is -2.10. The van der Waals surface area contributed by atoms with Gasteiger partial charge in [0, 0.05) is 12.7 Å². The van der Waals surface area contributed by atoms with Crippen molar-refractivity contribution in [2.45, 2.75) is 12.8 Å². The summed E-state index contributed by atoms with van der Waals surface area (Å²) in [6.45, 7) is 3.27. The fourth-order valence-electron chi connectivity index (χ4n) is 1.90. The Morgan fingerprint density at radius 1 is 1.62 bits per heavy atom. The lowest BCUT2D eigenvalue weighted by atomic mass is 10.1. The molecular weight excluding hydrogens is 289 g/mol. The fourth-order valence-corrected chi connectivity index (χ4v) is 2.68. The van der Waals surface area contributed by atoms with Crippen LogP contribution in [0.4, 0.5) is 5.82 Å². The van der Waals surface area contributed by atoms with Crippen LogP contribution in [-0.2, 0) is 0 Å². The second kappa shape index (κ2) is 5.84. The third kappa shape index (κ3) is 3.34. The van der Waals surface area contributed by atoms with Crippen LogP contribution in [0.1, 0.15) is 12.8 Å². The quantitative estimate of drug-likeness (QED) is 0.898. The van der Waals surface area contributed by atoms with Crippen LogP contribution >= 0.6 is 27.5 Å². The van der Waals surface area contributed by atoms with E-state index >= 15 is 0 Å². The molecule has 0 spiro atoms. The Morgan fingerprint density at radius 2 is 2.50 bits per heavy atom. The van der Waals surface area contributed by atoms with Crippen LogP contribution in [0.3, 0.4) is 0 Å². The maximum atomic E-state index is 5.83. The van der Waals surface area contributed by atoms with E-state index in [1.165, 1.54) is 12.8 Å². The average molecular weight is 305 g/mol. The molecule has 0 radical (unpaired) electrons. The zero-order valence-corrected chi connectivity index (χ0v) is 11.3. The highest BCUT2D eigenvalue weighted by Gasteiger charge is 2.13. The van der Waals surface area contributed by atoms with E-state index in [9.17, 15) is 0 Å². The SMILES string of the molecule is Clc1cnc(NCCC2CCNC2)c(Br)c1. The van der Waals surface area contributed by atoms with Gasteiger partial charge in [0.05, 0.1) is 9.50 Å². The molecule has 3 nitrogen and oxygen atoms in total. The van der Waals surface area contributed by atoms with Crippen molar-refractivity contribution in [2.24, 2.45) is 5.92 Å². The summed E-state index contributed by atoms with van der Waals surface area (Å²) in [5.41, 5.74) is 0. The molecule has 1 unspecified atom stereocenters. The standard InChI is InChI=1S/C11H15BrClN3/c12-10-5-9(13)7-16-11(10)15-4-2-8-1-3-14-6-8/h5,7-8,14H,1-4,6H2,(H,15,16). The number of anilines is 1. The zero-order chi connectivity index (χ0) is 11.4. The molecule has 0 aliphatic carbocycles. The first-order chi connectivity index (χ1) is 7.75. The van der Waals surface area contributed by atoms with Crippen molar-refractivity contribution in [3.63, 3.8) is 0 Å². The van der Waals surface area contributed by atoms with Crippen molar-refractivity contribution in [3.8, 4) is 0 Å². The summed E-state index contributed by atoms with van der Waals surface area (Å²) in [4.78, 5) is 4.24. The Bertz CT molecular complexity index is 353. The van der Waals surface area contributed by atoms with Crippen LogP contribution in [0.25, 0.3) is 0 Å². The van der Waals surface area contributed by atoms with Crippen molar-refractivity contribution >= 4 is 33.3 Å². The first kappa shape index (κ1) is 12.1. The van der Waals surface area contributed by atoms with Crippen LogP contribution in [0.15, 0.2) is 16.7 Å². The number of rotatable bonds is 4. The van der Waals surface area contributed by atoms with Gasteiger partial charge in [-0.25, -0.2) is 4.98 Å². The van der Waals surface area contributed by atoms with Gasteiger partial charge in [-0.05, 0) is 53.8 Å². The molecule has 1 aliphatic rings. The molecule has 1 saturated heterocycles. The van der Waals surface area contributed by atoms with Crippen LogP contribution in [0.2, 0.25) is 5.02 Å². The van der Waals surface area contributed by atoms with Crippen LogP contribution in [-0.4, -0.2) is 24.6 Å². The highest BCUT2D eigenvalue weighted by atomic mass is 79.9. The van der Waals surface area contributed by atoms with Gasteiger partial charge < -0.3 is 10.6 Å². The molecule has 1 aromatic rings. The summed E-state index contributed by atoms with van der Waals surface area (Å²) < 4.78 is 0.921. The molecule has 1 aliphatic heterocycles. The molecule has 16 heavy (non-hydrogen) atoms. The second-order valence-electron chi connectivity index (χ2n) is 4.06. The number of pyridine rings is 1. The molecule has 1 atom stereocenters. The fraction of sp³-hybridized carbons (Fsp3) is 0.545. The Labute approximate surface area is 109 Å². The minimum Gasteiger partial charge on any atom is -0.369 e. The van der Waals surface area contributed by atoms with Gasteiger partial charge in [0.1, 0.15) is 5.82 Å². The summed E-state index contributed by atoms with van der Waals surface area (Å²) in [5.74, 6) is 1.67. The lowest BCUT2D eigenvalue weighted by molar-refractivity contribution is 0.549. The monoisotopic (exact) mass is 303 g/mol. The van der Waals surface area contributed by atoms with Crippen LogP contribution < -0.4 is 10.6 Å². The number of nitrogens with zero attached hydrogens (tertiary/aromatic N) is 1. The van der Waals surface area contributed by atoms with Gasteiger partial charge in [0.15, 0.2) is 0 Å². The molecule has 5 heteroatoms. The average Bonchev–Trinajstić information content (AvgIpc) is 2.74. The van der Waals surface area contributed by atoms with Crippen LogP contribution in [0.5, 0.6) is 0 Å². The summed E-state index contributed by atoms with van der Waals surface area (Å²) in [7, 11) is 0. The predicted molar refractivity (Wildman–Crippen MR) is 71.0 cm³/mol. The highest BCUT2D eigenvalue weighted by Crippen LogP contribution is 2.23. The number of nitrogens with one attached hydrogen (secondary N) is 2. The van der Waals surface area contributed by atoms with E-state index in [-0.39, 0.29) is 0 Å². The molecule has 0 amide bonds. The van der Waals surface area contributed by atoms with E-state index in [4.69, 9.17) is 11.6 Å².